The highest BCUT2D eigenvalue weighted by Crippen LogP contribution is 2.34. The maximum atomic E-state index is 12.7. The van der Waals surface area contributed by atoms with Crippen LogP contribution in [0, 0.1) is 20.2 Å². The zero-order chi connectivity index (χ0) is 28.6. The number of carbonyl (C=O) groups is 1. The van der Waals surface area contributed by atoms with Crippen LogP contribution in [0.1, 0.15) is 33.3 Å². The molecule has 0 saturated carbocycles. The van der Waals surface area contributed by atoms with Crippen LogP contribution in [0.15, 0.2) is 78.4 Å². The van der Waals surface area contributed by atoms with Gasteiger partial charge < -0.3 is 9.47 Å². The average molecular weight is 561 g/mol. The summed E-state index contributed by atoms with van der Waals surface area (Å²) >= 11 is 1.21. The molecule has 1 amide bonds. The second-order valence-corrected chi connectivity index (χ2v) is 9.52. The van der Waals surface area contributed by atoms with Crippen molar-refractivity contribution >= 4 is 44.9 Å². The second kappa shape index (κ2) is 12.6. The lowest BCUT2D eigenvalue weighted by atomic mass is 10.1. The summed E-state index contributed by atoms with van der Waals surface area (Å²) in [5.74, 6) is 0.544. The van der Waals surface area contributed by atoms with Crippen LogP contribution in [0.2, 0.25) is 0 Å². The van der Waals surface area contributed by atoms with Crippen LogP contribution in [0.3, 0.4) is 0 Å². The first-order chi connectivity index (χ1) is 19.3. The van der Waals surface area contributed by atoms with E-state index in [1.54, 1.807) is 36.4 Å². The second-order valence-electron chi connectivity index (χ2n) is 8.43. The van der Waals surface area contributed by atoms with Gasteiger partial charge in [0.1, 0.15) is 6.61 Å². The van der Waals surface area contributed by atoms with Crippen molar-refractivity contribution in [1.29, 1.82) is 0 Å². The Labute approximate surface area is 232 Å². The molecular formula is C28H24N4O7S. The summed E-state index contributed by atoms with van der Waals surface area (Å²) in [6.45, 7) is 6.20. The van der Waals surface area contributed by atoms with Crippen molar-refractivity contribution in [2.24, 2.45) is 5.10 Å². The zero-order valence-corrected chi connectivity index (χ0v) is 22.2. The lowest BCUT2D eigenvalue weighted by Crippen LogP contribution is -2.16. The number of thiophene rings is 1. The predicted molar refractivity (Wildman–Crippen MR) is 152 cm³/mol. The number of nitrogens with zero attached hydrogens (tertiary/aromatic N) is 3. The van der Waals surface area contributed by atoms with Crippen LogP contribution < -0.4 is 14.9 Å². The van der Waals surface area contributed by atoms with E-state index in [2.05, 4.69) is 17.1 Å². The molecule has 0 bridgehead atoms. The first-order valence-electron chi connectivity index (χ1n) is 12.1. The summed E-state index contributed by atoms with van der Waals surface area (Å²) in [6, 6.07) is 15.7. The van der Waals surface area contributed by atoms with Gasteiger partial charge in [-0.15, -0.1) is 17.9 Å². The molecule has 0 aliphatic heterocycles. The highest BCUT2D eigenvalue weighted by atomic mass is 32.1. The monoisotopic (exact) mass is 560 g/mol. The molecule has 0 spiro atoms. The van der Waals surface area contributed by atoms with Gasteiger partial charge in [-0.05, 0) is 60.9 Å². The number of non-ortho nitro benzene ring substituents is 2. The van der Waals surface area contributed by atoms with Crippen molar-refractivity contribution in [1.82, 2.24) is 5.43 Å². The molecule has 1 heterocycles. The van der Waals surface area contributed by atoms with Crippen molar-refractivity contribution in [3.63, 3.8) is 0 Å². The Balaban J connectivity index is 1.51. The third kappa shape index (κ3) is 6.66. The summed E-state index contributed by atoms with van der Waals surface area (Å²) in [6.07, 6.45) is 3.67. The molecule has 1 N–H and O–H groups in total. The number of nitrogens with one attached hydrogen (secondary N) is 1. The van der Waals surface area contributed by atoms with Crippen molar-refractivity contribution in [2.45, 2.75) is 20.0 Å². The number of nitro groups is 2. The number of carbonyl (C=O) groups excluding carboxylic acids is 1. The van der Waals surface area contributed by atoms with E-state index in [1.165, 1.54) is 41.8 Å². The molecule has 3 aromatic carbocycles. The summed E-state index contributed by atoms with van der Waals surface area (Å²) in [4.78, 5) is 34.0. The summed E-state index contributed by atoms with van der Waals surface area (Å²) in [5, 5.41) is 26.6. The number of hydrazone groups is 1. The number of nitro benzene ring substituents is 2. The number of fused-ring (bicyclic) bond motifs is 1. The van der Waals surface area contributed by atoms with Gasteiger partial charge in [-0.2, -0.15) is 5.10 Å². The SMILES string of the molecule is C=CCc1cc(/C=N\NC(=O)c2cc3cc([N+](=O)[O-])ccc3s2)cc(OCC)c1OCc1ccc([N+](=O)[O-])cc1. The Morgan fingerprint density at radius 2 is 1.75 bits per heavy atom. The van der Waals surface area contributed by atoms with Crippen LogP contribution >= 0.6 is 11.3 Å². The highest BCUT2D eigenvalue weighted by Gasteiger charge is 2.15. The van der Waals surface area contributed by atoms with E-state index in [1.807, 2.05) is 13.0 Å². The Morgan fingerprint density at radius 1 is 1.02 bits per heavy atom. The topological polar surface area (TPSA) is 146 Å². The van der Waals surface area contributed by atoms with Crippen LogP contribution in [-0.4, -0.2) is 28.6 Å². The number of amides is 1. The number of ether oxygens (including phenoxy) is 2. The molecule has 0 aliphatic rings. The van der Waals surface area contributed by atoms with Crippen molar-refractivity contribution in [3.8, 4) is 11.5 Å². The van der Waals surface area contributed by atoms with Crippen molar-refractivity contribution in [2.75, 3.05) is 6.61 Å². The van der Waals surface area contributed by atoms with Crippen LogP contribution in [0.25, 0.3) is 10.1 Å². The number of allylic oxidation sites excluding steroid dienone is 1. The number of hydrogen-bond acceptors (Lipinski definition) is 9. The van der Waals surface area contributed by atoms with Gasteiger partial charge >= 0.3 is 0 Å². The van der Waals surface area contributed by atoms with Gasteiger partial charge in [0.05, 0.1) is 27.5 Å². The third-order valence-electron chi connectivity index (χ3n) is 5.66. The third-order valence-corrected chi connectivity index (χ3v) is 6.78. The standard InChI is InChI=1S/C28H24N4O7S/c1-3-5-20-12-19(13-24(38-4-2)27(20)39-17-18-6-8-22(9-7-18)31(34)35)16-29-30-28(33)26-15-21-14-23(32(36)37)10-11-25(21)40-26/h3,6-16H,1,4-5,17H2,2H3,(H,30,33)/b29-16-. The Kier molecular flexibility index (Phi) is 8.82. The maximum absolute atomic E-state index is 12.7. The molecule has 40 heavy (non-hydrogen) atoms. The Hall–Kier alpha value is -5.10. The first kappa shape index (κ1) is 27.9. The van der Waals surface area contributed by atoms with E-state index < -0.39 is 15.8 Å². The smallest absolute Gasteiger partial charge is 0.281 e. The zero-order valence-electron chi connectivity index (χ0n) is 21.4. The molecule has 11 nitrogen and oxygen atoms in total. The first-order valence-corrected chi connectivity index (χ1v) is 12.9. The highest BCUT2D eigenvalue weighted by molar-refractivity contribution is 7.20. The number of hydrogen-bond donors (Lipinski definition) is 1. The lowest BCUT2D eigenvalue weighted by molar-refractivity contribution is -0.385. The van der Waals surface area contributed by atoms with Crippen molar-refractivity contribution in [3.05, 3.63) is 115 Å². The molecule has 0 saturated heterocycles. The minimum Gasteiger partial charge on any atom is -0.490 e. The van der Waals surface area contributed by atoms with E-state index in [4.69, 9.17) is 9.47 Å². The predicted octanol–water partition coefficient (Wildman–Crippen LogP) is 6.19. The van der Waals surface area contributed by atoms with E-state index >= 15 is 0 Å². The molecule has 0 radical (unpaired) electrons. The normalized spacial score (nSPS) is 10.9. The molecule has 1 aromatic heterocycles. The average Bonchev–Trinajstić information content (AvgIpc) is 3.37. The lowest BCUT2D eigenvalue weighted by Gasteiger charge is -2.16. The molecule has 4 aromatic rings. The summed E-state index contributed by atoms with van der Waals surface area (Å²) in [7, 11) is 0. The fourth-order valence-electron chi connectivity index (χ4n) is 3.84. The van der Waals surface area contributed by atoms with Crippen LogP contribution in [0.5, 0.6) is 11.5 Å². The molecular weight excluding hydrogens is 536 g/mol. The molecule has 0 unspecified atom stereocenters. The Morgan fingerprint density at radius 3 is 2.42 bits per heavy atom. The van der Waals surface area contributed by atoms with Gasteiger partial charge in [0.15, 0.2) is 11.5 Å². The van der Waals surface area contributed by atoms with E-state index in [-0.39, 0.29) is 18.0 Å². The Bertz CT molecular complexity index is 1610. The number of rotatable bonds is 12. The van der Waals surface area contributed by atoms with E-state index in [0.29, 0.717) is 40.4 Å². The summed E-state index contributed by atoms with van der Waals surface area (Å²) in [5.41, 5.74) is 4.62. The quantitative estimate of drug-likeness (QED) is 0.0941. The molecule has 204 valence electrons. The molecule has 0 aliphatic carbocycles. The van der Waals surface area contributed by atoms with Gasteiger partial charge in [0.25, 0.3) is 17.3 Å². The minimum atomic E-state index is -0.482. The fourth-order valence-corrected chi connectivity index (χ4v) is 4.77. The van der Waals surface area contributed by atoms with Gasteiger partial charge in [0, 0.05) is 39.9 Å². The molecule has 12 heteroatoms. The van der Waals surface area contributed by atoms with Gasteiger partial charge in [-0.3, -0.25) is 25.0 Å². The maximum Gasteiger partial charge on any atom is 0.281 e. The van der Waals surface area contributed by atoms with E-state index in [9.17, 15) is 25.0 Å². The van der Waals surface area contributed by atoms with Crippen LogP contribution in [0.4, 0.5) is 11.4 Å². The fraction of sp³-hybridized carbons (Fsp3) is 0.143. The number of benzene rings is 3. The minimum absolute atomic E-state index is 0.00170. The van der Waals surface area contributed by atoms with Gasteiger partial charge in [-0.25, -0.2) is 5.43 Å². The van der Waals surface area contributed by atoms with Gasteiger partial charge in [0.2, 0.25) is 0 Å². The van der Waals surface area contributed by atoms with Crippen molar-refractivity contribution < 1.29 is 24.1 Å². The largest absolute Gasteiger partial charge is 0.490 e. The summed E-state index contributed by atoms with van der Waals surface area (Å²) < 4.78 is 12.6. The molecule has 0 fully saturated rings. The molecule has 0 atom stereocenters. The van der Waals surface area contributed by atoms with Crippen LogP contribution in [-0.2, 0) is 13.0 Å². The molecule has 4 rings (SSSR count). The van der Waals surface area contributed by atoms with Gasteiger partial charge in [-0.1, -0.05) is 6.08 Å². The van der Waals surface area contributed by atoms with E-state index in [0.717, 1.165) is 15.8 Å².